The summed E-state index contributed by atoms with van der Waals surface area (Å²) in [6, 6.07) is 4.81. The molecule has 0 heterocycles. The van der Waals surface area contributed by atoms with Gasteiger partial charge in [0.05, 0.1) is 0 Å². The molecular weight excluding hydrogens is 380 g/mol. The summed E-state index contributed by atoms with van der Waals surface area (Å²) >= 11 is 4.90. The molecular formula is C7H3BrF3IS. The molecule has 0 nitrogen and oxygen atoms in total. The van der Waals surface area contributed by atoms with Gasteiger partial charge < -0.3 is 0 Å². The smallest absolute Gasteiger partial charge is 0.160 e. The highest BCUT2D eigenvalue weighted by Crippen LogP contribution is 2.39. The molecule has 0 N–H and O–H groups in total. The number of rotatable bonds is 1. The van der Waals surface area contributed by atoms with E-state index in [-0.39, 0.29) is 16.7 Å². The Morgan fingerprint density at radius 2 is 1.92 bits per heavy atom. The standard InChI is InChI=1S/C7H3BrF3IS/c8-4-1-2-5(12)6(3-4)13-7(9,10)11/h1-3H. The lowest BCUT2D eigenvalue weighted by atomic mass is 10.4. The maximum absolute atomic E-state index is 12.0. The molecule has 0 aliphatic rings. The SMILES string of the molecule is FC(F)(F)Sc1cc(Br)ccc1I. The fourth-order valence-electron chi connectivity index (χ4n) is 0.680. The van der Waals surface area contributed by atoms with E-state index >= 15 is 0 Å². The minimum absolute atomic E-state index is 0.0960. The Morgan fingerprint density at radius 3 is 2.46 bits per heavy atom. The number of benzene rings is 1. The van der Waals surface area contributed by atoms with E-state index in [0.717, 1.165) is 0 Å². The number of hydrogen-bond acceptors (Lipinski definition) is 1. The number of hydrogen-bond donors (Lipinski definition) is 0. The summed E-state index contributed by atoms with van der Waals surface area (Å²) in [6.07, 6.45) is 0. The molecule has 0 saturated heterocycles. The van der Waals surface area contributed by atoms with Crippen LogP contribution < -0.4 is 0 Å². The highest BCUT2D eigenvalue weighted by atomic mass is 127. The van der Waals surface area contributed by atoms with E-state index in [9.17, 15) is 13.2 Å². The van der Waals surface area contributed by atoms with Crippen molar-refractivity contribution in [3.8, 4) is 0 Å². The number of thioether (sulfide) groups is 1. The second-order valence-corrected chi connectivity index (χ2v) is 5.31. The molecule has 72 valence electrons. The van der Waals surface area contributed by atoms with Crippen molar-refractivity contribution in [1.29, 1.82) is 0 Å². The van der Waals surface area contributed by atoms with E-state index in [1.54, 1.807) is 12.1 Å². The summed E-state index contributed by atoms with van der Waals surface area (Å²) in [7, 11) is 0. The average Bonchev–Trinajstić information content (AvgIpc) is 1.94. The Kier molecular flexibility index (Phi) is 3.94. The van der Waals surface area contributed by atoms with E-state index in [1.165, 1.54) is 6.07 Å². The Labute approximate surface area is 99.5 Å². The molecule has 1 aromatic rings. The Balaban J connectivity index is 2.94. The van der Waals surface area contributed by atoms with Gasteiger partial charge in [0, 0.05) is 12.9 Å². The van der Waals surface area contributed by atoms with Crippen LogP contribution in [-0.4, -0.2) is 5.51 Å². The zero-order valence-corrected chi connectivity index (χ0v) is 10.6. The summed E-state index contributed by atoms with van der Waals surface area (Å²) in [4.78, 5) is 0.225. The molecule has 6 heteroatoms. The molecule has 0 fully saturated rings. The molecule has 0 unspecified atom stereocenters. The molecule has 0 aliphatic heterocycles. The molecule has 1 rings (SSSR count). The van der Waals surface area contributed by atoms with Crippen LogP contribution in [0.3, 0.4) is 0 Å². The van der Waals surface area contributed by atoms with Gasteiger partial charge in [0.1, 0.15) is 0 Å². The monoisotopic (exact) mass is 382 g/mol. The Bertz CT molecular complexity index is 313. The van der Waals surface area contributed by atoms with Crippen molar-refractivity contribution in [2.45, 2.75) is 10.4 Å². The minimum atomic E-state index is -4.22. The predicted molar refractivity (Wildman–Crippen MR) is 58.8 cm³/mol. The van der Waals surface area contributed by atoms with Gasteiger partial charge in [-0.1, -0.05) is 15.9 Å². The number of alkyl halides is 3. The fraction of sp³-hybridized carbons (Fsp3) is 0.143. The molecule has 0 atom stereocenters. The van der Waals surface area contributed by atoms with Gasteiger partial charge in [-0.15, -0.1) is 0 Å². The molecule has 0 radical (unpaired) electrons. The van der Waals surface area contributed by atoms with Crippen molar-refractivity contribution in [1.82, 2.24) is 0 Å². The van der Waals surface area contributed by atoms with Crippen LogP contribution in [0.4, 0.5) is 13.2 Å². The zero-order valence-electron chi connectivity index (χ0n) is 6.03. The largest absolute Gasteiger partial charge is 0.446 e. The summed E-state index contributed by atoms with van der Waals surface area (Å²) < 4.78 is 37.2. The highest BCUT2D eigenvalue weighted by Gasteiger charge is 2.30. The topological polar surface area (TPSA) is 0 Å². The van der Waals surface area contributed by atoms with Crippen LogP contribution in [-0.2, 0) is 0 Å². The van der Waals surface area contributed by atoms with E-state index in [2.05, 4.69) is 15.9 Å². The first-order valence-electron chi connectivity index (χ1n) is 3.09. The molecule has 0 spiro atoms. The summed E-state index contributed by atoms with van der Waals surface area (Å²) in [5.41, 5.74) is -4.22. The summed E-state index contributed by atoms with van der Waals surface area (Å²) in [6.45, 7) is 0. The van der Waals surface area contributed by atoms with Crippen LogP contribution in [0.5, 0.6) is 0 Å². The molecule has 1 aromatic carbocycles. The summed E-state index contributed by atoms with van der Waals surface area (Å²) in [5, 5.41) is 0. The van der Waals surface area contributed by atoms with E-state index in [1.807, 2.05) is 22.6 Å². The van der Waals surface area contributed by atoms with Crippen LogP contribution >= 0.6 is 50.3 Å². The van der Waals surface area contributed by atoms with E-state index < -0.39 is 5.51 Å². The van der Waals surface area contributed by atoms with Crippen LogP contribution in [0.15, 0.2) is 27.6 Å². The third kappa shape index (κ3) is 4.07. The molecule has 0 aromatic heterocycles. The lowest BCUT2D eigenvalue weighted by molar-refractivity contribution is -0.0328. The fourth-order valence-corrected chi connectivity index (χ4v) is 2.46. The first-order chi connectivity index (χ1) is 5.88. The van der Waals surface area contributed by atoms with Gasteiger partial charge in [-0.3, -0.25) is 0 Å². The maximum atomic E-state index is 12.0. The minimum Gasteiger partial charge on any atom is -0.160 e. The predicted octanol–water partition coefficient (Wildman–Crippen LogP) is 4.67. The molecule has 13 heavy (non-hydrogen) atoms. The Hall–Kier alpha value is 0.570. The third-order valence-electron chi connectivity index (χ3n) is 1.12. The molecule has 0 amide bonds. The van der Waals surface area contributed by atoms with Crippen molar-refractivity contribution in [2.75, 3.05) is 0 Å². The van der Waals surface area contributed by atoms with Gasteiger partial charge in [-0.25, -0.2) is 0 Å². The normalized spacial score (nSPS) is 11.8. The van der Waals surface area contributed by atoms with Gasteiger partial charge in [0.25, 0.3) is 0 Å². The van der Waals surface area contributed by atoms with Crippen molar-refractivity contribution in [3.63, 3.8) is 0 Å². The first kappa shape index (κ1) is 11.6. The Morgan fingerprint density at radius 1 is 1.31 bits per heavy atom. The van der Waals surface area contributed by atoms with Crippen molar-refractivity contribution in [3.05, 3.63) is 26.2 Å². The molecule has 0 saturated carbocycles. The van der Waals surface area contributed by atoms with Gasteiger partial charge >= 0.3 is 5.51 Å². The lowest BCUT2D eigenvalue weighted by Gasteiger charge is -2.07. The summed E-state index contributed by atoms with van der Waals surface area (Å²) in [5.74, 6) is 0. The highest BCUT2D eigenvalue weighted by molar-refractivity contribution is 14.1. The van der Waals surface area contributed by atoms with Gasteiger partial charge in [0.2, 0.25) is 0 Å². The molecule has 0 bridgehead atoms. The van der Waals surface area contributed by atoms with Crippen LogP contribution in [0.1, 0.15) is 0 Å². The third-order valence-corrected chi connectivity index (χ3v) is 3.71. The van der Waals surface area contributed by atoms with E-state index in [4.69, 9.17) is 0 Å². The van der Waals surface area contributed by atoms with Gasteiger partial charge in [-0.2, -0.15) is 13.2 Å². The van der Waals surface area contributed by atoms with Crippen LogP contribution in [0.2, 0.25) is 0 Å². The number of halogens is 5. The van der Waals surface area contributed by atoms with Crippen molar-refractivity contribution in [2.24, 2.45) is 0 Å². The van der Waals surface area contributed by atoms with Crippen LogP contribution in [0, 0.1) is 3.57 Å². The van der Waals surface area contributed by atoms with E-state index in [0.29, 0.717) is 8.04 Å². The van der Waals surface area contributed by atoms with Crippen molar-refractivity contribution < 1.29 is 13.2 Å². The van der Waals surface area contributed by atoms with Crippen LogP contribution in [0.25, 0.3) is 0 Å². The van der Waals surface area contributed by atoms with Crippen molar-refractivity contribution >= 4 is 50.3 Å². The lowest BCUT2D eigenvalue weighted by Crippen LogP contribution is -1.99. The second kappa shape index (κ2) is 4.39. The maximum Gasteiger partial charge on any atom is 0.446 e. The second-order valence-electron chi connectivity index (χ2n) is 2.12. The quantitative estimate of drug-likeness (QED) is 0.502. The zero-order chi connectivity index (χ0) is 10.1. The van der Waals surface area contributed by atoms with Gasteiger partial charge in [0.15, 0.2) is 0 Å². The average molecular weight is 383 g/mol. The van der Waals surface area contributed by atoms with Gasteiger partial charge in [-0.05, 0) is 52.6 Å². The first-order valence-corrected chi connectivity index (χ1v) is 5.78. The molecule has 0 aliphatic carbocycles.